The number of nitrogen functional groups attached to an aromatic ring is 1. The molecule has 1 aliphatic rings. The molecule has 0 bridgehead atoms. The van der Waals surface area contributed by atoms with Gasteiger partial charge in [-0.2, -0.15) is 41.4 Å². The van der Waals surface area contributed by atoms with E-state index in [1.807, 2.05) is 0 Å². The van der Waals surface area contributed by atoms with E-state index < -0.39 is 60.2 Å². The van der Waals surface area contributed by atoms with E-state index in [9.17, 15) is 41.7 Å². The lowest BCUT2D eigenvalue weighted by atomic mass is 10.0. The van der Waals surface area contributed by atoms with Gasteiger partial charge in [0.25, 0.3) is 0 Å². The van der Waals surface area contributed by atoms with Crippen LogP contribution >= 0.6 is 0 Å². The Balaban J connectivity index is 1.63. The summed E-state index contributed by atoms with van der Waals surface area (Å²) in [6.07, 6.45) is -13.4. The summed E-state index contributed by atoms with van der Waals surface area (Å²) >= 11 is 0. The first kappa shape index (κ1) is 25.5. The van der Waals surface area contributed by atoms with Crippen molar-refractivity contribution in [3.8, 4) is 0 Å². The van der Waals surface area contributed by atoms with Gasteiger partial charge in [0.2, 0.25) is 5.95 Å². The van der Waals surface area contributed by atoms with E-state index in [0.717, 1.165) is 0 Å². The molecule has 0 radical (unpaired) electrons. The van der Waals surface area contributed by atoms with Crippen LogP contribution in [-0.4, -0.2) is 66.0 Å². The maximum absolute atomic E-state index is 13.3. The topological polar surface area (TPSA) is 164 Å². The van der Waals surface area contributed by atoms with Gasteiger partial charge in [-0.3, -0.25) is 4.57 Å². The number of aromatic nitrogens is 4. The van der Waals surface area contributed by atoms with E-state index in [-0.39, 0.29) is 29.0 Å². The summed E-state index contributed by atoms with van der Waals surface area (Å²) in [5, 5.41) is 33.1. The number of aliphatic hydroxyl groups is 3. The number of halogens is 6. The minimum Gasteiger partial charge on any atom is -0.394 e. The standard InChI is InChI=1S/C19H17F6N7O4/c20-18(21,22)8-2-1-7(9(3-8)19(23,24)25)4-28-31-17-29-14(26)11-15(30-17)32(6-27-11)16-13(35)12(34)10(5-33)36-16/h1-4,6,10,12-13,16,33-35H,5H2,(H3,26,29,30,31)/b28-4+/t10-,12?,13?,16-/m1/s1. The van der Waals surface area contributed by atoms with E-state index >= 15 is 0 Å². The van der Waals surface area contributed by atoms with E-state index in [1.165, 1.54) is 10.9 Å². The fourth-order valence-electron chi connectivity index (χ4n) is 3.53. The quantitative estimate of drug-likeness (QED) is 0.190. The zero-order valence-electron chi connectivity index (χ0n) is 17.7. The molecular formula is C19H17F6N7O4. The summed E-state index contributed by atoms with van der Waals surface area (Å²) in [6, 6.07) is 1.07. The molecule has 4 rings (SSSR count). The predicted octanol–water partition coefficient (Wildman–Crippen LogP) is 1.50. The van der Waals surface area contributed by atoms with Gasteiger partial charge in [-0.1, -0.05) is 6.07 Å². The van der Waals surface area contributed by atoms with Crippen molar-refractivity contribution in [3.63, 3.8) is 0 Å². The highest BCUT2D eigenvalue weighted by Crippen LogP contribution is 2.37. The van der Waals surface area contributed by atoms with Crippen LogP contribution < -0.4 is 11.2 Å². The van der Waals surface area contributed by atoms with E-state index in [2.05, 4.69) is 25.5 Å². The lowest BCUT2D eigenvalue weighted by Crippen LogP contribution is -2.33. The highest BCUT2D eigenvalue weighted by Gasteiger charge is 2.44. The van der Waals surface area contributed by atoms with E-state index in [1.54, 1.807) is 0 Å². The monoisotopic (exact) mass is 521 g/mol. The number of hydrogen-bond donors (Lipinski definition) is 5. The number of alkyl halides is 6. The molecule has 0 spiro atoms. The largest absolute Gasteiger partial charge is 0.417 e. The first-order valence-electron chi connectivity index (χ1n) is 10.0. The molecule has 1 aromatic carbocycles. The molecule has 1 saturated heterocycles. The molecule has 1 fully saturated rings. The Morgan fingerprint density at radius 1 is 1.11 bits per heavy atom. The molecule has 2 unspecified atom stereocenters. The van der Waals surface area contributed by atoms with Crippen LogP contribution in [0, 0.1) is 0 Å². The average molecular weight is 521 g/mol. The van der Waals surface area contributed by atoms with E-state index in [0.29, 0.717) is 18.3 Å². The number of nitrogens with zero attached hydrogens (tertiary/aromatic N) is 5. The Morgan fingerprint density at radius 2 is 1.83 bits per heavy atom. The average Bonchev–Trinajstić information content (AvgIpc) is 3.33. The molecule has 4 atom stereocenters. The lowest BCUT2D eigenvalue weighted by Gasteiger charge is -2.16. The van der Waals surface area contributed by atoms with Gasteiger partial charge in [-0.15, -0.1) is 0 Å². The van der Waals surface area contributed by atoms with Crippen LogP contribution in [0.3, 0.4) is 0 Å². The molecule has 3 aromatic rings. The zero-order chi connectivity index (χ0) is 26.4. The number of anilines is 2. The van der Waals surface area contributed by atoms with Crippen molar-refractivity contribution in [3.05, 3.63) is 41.2 Å². The number of nitrogens with one attached hydrogen (secondary N) is 1. The first-order valence-corrected chi connectivity index (χ1v) is 10.0. The molecule has 1 aliphatic heterocycles. The molecule has 11 nitrogen and oxygen atoms in total. The molecule has 0 amide bonds. The van der Waals surface area contributed by atoms with Crippen molar-refractivity contribution in [1.82, 2.24) is 19.5 Å². The molecule has 6 N–H and O–H groups in total. The highest BCUT2D eigenvalue weighted by atomic mass is 19.4. The van der Waals surface area contributed by atoms with Gasteiger partial charge in [0.15, 0.2) is 17.7 Å². The molecule has 3 heterocycles. The fourth-order valence-corrected chi connectivity index (χ4v) is 3.53. The Morgan fingerprint density at radius 3 is 2.44 bits per heavy atom. The second-order valence-electron chi connectivity index (χ2n) is 7.65. The molecule has 17 heteroatoms. The van der Waals surface area contributed by atoms with Crippen LogP contribution in [-0.2, 0) is 17.1 Å². The summed E-state index contributed by atoms with van der Waals surface area (Å²) < 4.78 is 85.0. The predicted molar refractivity (Wildman–Crippen MR) is 110 cm³/mol. The van der Waals surface area contributed by atoms with E-state index in [4.69, 9.17) is 10.5 Å². The summed E-state index contributed by atoms with van der Waals surface area (Å²) in [7, 11) is 0. The number of benzene rings is 1. The van der Waals surface area contributed by atoms with Crippen LogP contribution in [0.15, 0.2) is 29.6 Å². The van der Waals surface area contributed by atoms with Gasteiger partial charge < -0.3 is 25.8 Å². The van der Waals surface area contributed by atoms with Crippen molar-refractivity contribution < 1.29 is 46.4 Å². The Labute approximate surface area is 196 Å². The number of fused-ring (bicyclic) bond motifs is 1. The number of nitrogens with two attached hydrogens (primary N) is 1. The van der Waals surface area contributed by atoms with Gasteiger partial charge in [0, 0.05) is 5.56 Å². The maximum atomic E-state index is 13.3. The van der Waals surface area contributed by atoms with Gasteiger partial charge in [0.1, 0.15) is 23.8 Å². The summed E-state index contributed by atoms with van der Waals surface area (Å²) in [4.78, 5) is 11.9. The summed E-state index contributed by atoms with van der Waals surface area (Å²) in [6.45, 7) is -0.580. The highest BCUT2D eigenvalue weighted by molar-refractivity contribution is 5.84. The number of hydrogen-bond acceptors (Lipinski definition) is 10. The minimum atomic E-state index is -5.09. The Hall–Kier alpha value is -3.54. The number of rotatable bonds is 5. The third-order valence-electron chi connectivity index (χ3n) is 5.29. The van der Waals surface area contributed by atoms with Crippen molar-refractivity contribution >= 4 is 29.1 Å². The molecular weight excluding hydrogens is 504 g/mol. The smallest absolute Gasteiger partial charge is 0.394 e. The number of aliphatic hydroxyl groups excluding tert-OH is 3. The van der Waals surface area contributed by atoms with Gasteiger partial charge in [-0.05, 0) is 12.1 Å². The van der Waals surface area contributed by atoms with Crippen LogP contribution in [0.25, 0.3) is 11.2 Å². The van der Waals surface area contributed by atoms with Crippen LogP contribution in [0.4, 0.5) is 38.1 Å². The normalized spacial score (nSPS) is 23.1. The third-order valence-corrected chi connectivity index (χ3v) is 5.29. The fraction of sp³-hybridized carbons (Fsp3) is 0.368. The van der Waals surface area contributed by atoms with Crippen LogP contribution in [0.1, 0.15) is 22.9 Å². The van der Waals surface area contributed by atoms with Crippen molar-refractivity contribution in [2.24, 2.45) is 5.10 Å². The lowest BCUT2D eigenvalue weighted by molar-refractivity contribution is -0.143. The number of hydrazone groups is 1. The molecule has 0 aliphatic carbocycles. The number of ether oxygens (including phenoxy) is 1. The third kappa shape index (κ3) is 4.77. The molecule has 0 saturated carbocycles. The van der Waals surface area contributed by atoms with Crippen molar-refractivity contribution in [1.29, 1.82) is 0 Å². The summed E-state index contributed by atoms with van der Waals surface area (Å²) in [5.74, 6) is -0.515. The van der Waals surface area contributed by atoms with Gasteiger partial charge >= 0.3 is 12.4 Å². The second-order valence-corrected chi connectivity index (χ2v) is 7.65. The van der Waals surface area contributed by atoms with Crippen molar-refractivity contribution in [2.75, 3.05) is 17.8 Å². The first-order chi connectivity index (χ1) is 16.8. The minimum absolute atomic E-state index is 0.0134. The molecule has 2 aromatic heterocycles. The van der Waals surface area contributed by atoms with Gasteiger partial charge in [0.05, 0.1) is 30.3 Å². The van der Waals surface area contributed by atoms with Crippen LogP contribution in [0.2, 0.25) is 0 Å². The molecule has 36 heavy (non-hydrogen) atoms. The molecule has 194 valence electrons. The zero-order valence-corrected chi connectivity index (χ0v) is 17.7. The van der Waals surface area contributed by atoms with Gasteiger partial charge in [-0.25, -0.2) is 10.4 Å². The SMILES string of the molecule is Nc1nc(N/N=C/c2ccc(C(F)(F)F)cc2C(F)(F)F)nc2c1ncn2[C@@H]1O[C@H](CO)C(O)C1O. The van der Waals surface area contributed by atoms with Crippen LogP contribution in [0.5, 0.6) is 0 Å². The Kier molecular flexibility index (Phi) is 6.50. The summed E-state index contributed by atoms with van der Waals surface area (Å²) in [5.41, 5.74) is 4.44. The van der Waals surface area contributed by atoms with Crippen molar-refractivity contribution in [2.45, 2.75) is 36.9 Å². The Bertz CT molecular complexity index is 1300. The number of imidazole rings is 1. The maximum Gasteiger partial charge on any atom is 0.417 e. The second kappa shape index (κ2) is 9.16.